The molecular weight excluding hydrogens is 356 g/mol. The molecule has 0 fully saturated rings. The number of nitrogens with zero attached hydrogens (tertiary/aromatic N) is 1. The fourth-order valence-corrected chi connectivity index (χ4v) is 2.62. The van der Waals surface area contributed by atoms with Crippen molar-refractivity contribution in [3.63, 3.8) is 0 Å². The molecule has 0 spiro atoms. The van der Waals surface area contributed by atoms with E-state index in [1.807, 2.05) is 38.1 Å². The molecular formula is C22H24N2O4. The van der Waals surface area contributed by atoms with Crippen molar-refractivity contribution in [1.29, 1.82) is 0 Å². The molecule has 0 saturated carbocycles. The molecule has 3 aromatic rings. The van der Waals surface area contributed by atoms with E-state index in [1.54, 1.807) is 24.3 Å². The van der Waals surface area contributed by atoms with E-state index in [-0.39, 0.29) is 5.91 Å². The summed E-state index contributed by atoms with van der Waals surface area (Å²) in [6, 6.07) is 14.3. The third kappa shape index (κ3) is 4.91. The van der Waals surface area contributed by atoms with Gasteiger partial charge < -0.3 is 19.3 Å². The van der Waals surface area contributed by atoms with Crippen LogP contribution in [0.4, 0.5) is 5.69 Å². The number of carbonyl (C=O) groups is 1. The van der Waals surface area contributed by atoms with Gasteiger partial charge in [-0.1, -0.05) is 12.1 Å². The maximum Gasteiger partial charge on any atom is 0.255 e. The van der Waals surface area contributed by atoms with Gasteiger partial charge in [0, 0.05) is 11.3 Å². The summed E-state index contributed by atoms with van der Waals surface area (Å²) < 4.78 is 16.4. The first kappa shape index (κ1) is 19.5. The number of nitrogens with one attached hydrogen (secondary N) is 1. The van der Waals surface area contributed by atoms with Crippen LogP contribution in [0.25, 0.3) is 0 Å². The van der Waals surface area contributed by atoms with Gasteiger partial charge in [0.25, 0.3) is 5.91 Å². The summed E-state index contributed by atoms with van der Waals surface area (Å²) in [5.74, 6) is 2.03. The average Bonchev–Trinajstić information content (AvgIpc) is 3.03. The van der Waals surface area contributed by atoms with E-state index in [4.69, 9.17) is 14.0 Å². The van der Waals surface area contributed by atoms with Gasteiger partial charge in [-0.3, -0.25) is 4.79 Å². The highest BCUT2D eigenvalue weighted by atomic mass is 16.5. The monoisotopic (exact) mass is 380 g/mol. The minimum atomic E-state index is -0.181. The first-order valence-electron chi connectivity index (χ1n) is 9.25. The van der Waals surface area contributed by atoms with Crippen LogP contribution in [0.2, 0.25) is 0 Å². The van der Waals surface area contributed by atoms with Crippen molar-refractivity contribution < 1.29 is 18.8 Å². The molecule has 0 bridgehead atoms. The molecule has 0 aliphatic carbocycles. The zero-order valence-corrected chi connectivity index (χ0v) is 16.3. The maximum atomic E-state index is 12.4. The smallest absolute Gasteiger partial charge is 0.255 e. The normalized spacial score (nSPS) is 10.5. The summed E-state index contributed by atoms with van der Waals surface area (Å²) >= 11 is 0. The molecule has 0 atom stereocenters. The Balaban J connectivity index is 1.56. The third-order valence-corrected chi connectivity index (χ3v) is 4.27. The summed E-state index contributed by atoms with van der Waals surface area (Å²) in [7, 11) is 0. The van der Waals surface area contributed by atoms with E-state index in [0.29, 0.717) is 30.2 Å². The molecule has 2 aromatic carbocycles. The number of amides is 1. The van der Waals surface area contributed by atoms with E-state index < -0.39 is 0 Å². The zero-order chi connectivity index (χ0) is 19.9. The van der Waals surface area contributed by atoms with Crippen LogP contribution in [0, 0.1) is 13.8 Å². The quantitative estimate of drug-likeness (QED) is 0.601. The van der Waals surface area contributed by atoms with Crippen LogP contribution in [0.1, 0.15) is 40.7 Å². The van der Waals surface area contributed by atoms with Crippen LogP contribution in [0.15, 0.2) is 53.1 Å². The molecule has 1 aromatic heterocycles. The molecule has 3 rings (SSSR count). The summed E-state index contributed by atoms with van der Waals surface area (Å²) in [6.45, 7) is 6.84. The van der Waals surface area contributed by atoms with Crippen LogP contribution >= 0.6 is 0 Å². The standard InChI is InChI=1S/C22H24N2O4/c1-4-13-26-19-11-7-18(8-12-19)23-22(25)17-5-9-20(10-6-17)27-14-21-15(2)24-28-16(21)3/h5-12H,4,13-14H2,1-3H3,(H,23,25). The van der Waals surface area contributed by atoms with Crippen molar-refractivity contribution in [1.82, 2.24) is 5.16 Å². The summed E-state index contributed by atoms with van der Waals surface area (Å²) in [4.78, 5) is 12.4. The highest BCUT2D eigenvalue weighted by molar-refractivity contribution is 6.04. The molecule has 6 nitrogen and oxygen atoms in total. The van der Waals surface area contributed by atoms with E-state index in [1.165, 1.54) is 0 Å². The second kappa shape index (κ2) is 9.08. The second-order valence-corrected chi connectivity index (χ2v) is 6.44. The van der Waals surface area contributed by atoms with Gasteiger partial charge in [0.15, 0.2) is 0 Å². The van der Waals surface area contributed by atoms with E-state index >= 15 is 0 Å². The van der Waals surface area contributed by atoms with Crippen molar-refractivity contribution >= 4 is 11.6 Å². The number of ether oxygens (including phenoxy) is 2. The number of aryl methyl sites for hydroxylation is 2. The van der Waals surface area contributed by atoms with Crippen molar-refractivity contribution in [3.05, 3.63) is 71.1 Å². The number of hydrogen-bond donors (Lipinski definition) is 1. The van der Waals surface area contributed by atoms with Gasteiger partial charge in [-0.05, 0) is 68.8 Å². The fourth-order valence-electron chi connectivity index (χ4n) is 2.62. The highest BCUT2D eigenvalue weighted by Gasteiger charge is 2.10. The number of rotatable bonds is 8. The van der Waals surface area contributed by atoms with Gasteiger partial charge in [0.1, 0.15) is 23.9 Å². The summed E-state index contributed by atoms with van der Waals surface area (Å²) in [6.07, 6.45) is 0.955. The lowest BCUT2D eigenvalue weighted by Gasteiger charge is -2.09. The van der Waals surface area contributed by atoms with Gasteiger partial charge in [0.2, 0.25) is 0 Å². The minimum absolute atomic E-state index is 0.181. The number of aromatic nitrogens is 1. The fraction of sp³-hybridized carbons (Fsp3) is 0.273. The lowest BCUT2D eigenvalue weighted by molar-refractivity contribution is 0.102. The van der Waals surface area contributed by atoms with E-state index in [2.05, 4.69) is 17.4 Å². The Morgan fingerprint density at radius 2 is 1.64 bits per heavy atom. The average molecular weight is 380 g/mol. The van der Waals surface area contributed by atoms with Crippen LogP contribution in [-0.4, -0.2) is 17.7 Å². The number of hydrogen-bond acceptors (Lipinski definition) is 5. The Morgan fingerprint density at radius 1 is 1.00 bits per heavy atom. The van der Waals surface area contributed by atoms with Crippen LogP contribution in [-0.2, 0) is 6.61 Å². The van der Waals surface area contributed by atoms with Gasteiger partial charge in [0.05, 0.1) is 17.9 Å². The number of carbonyl (C=O) groups excluding carboxylic acids is 1. The maximum absolute atomic E-state index is 12.4. The molecule has 0 aliphatic rings. The van der Waals surface area contributed by atoms with Crippen molar-refractivity contribution in [2.75, 3.05) is 11.9 Å². The van der Waals surface area contributed by atoms with Gasteiger partial charge in [-0.2, -0.15) is 0 Å². The van der Waals surface area contributed by atoms with Crippen molar-refractivity contribution in [2.24, 2.45) is 0 Å². The Hall–Kier alpha value is -3.28. The lowest BCUT2D eigenvalue weighted by atomic mass is 10.2. The molecule has 0 unspecified atom stereocenters. The highest BCUT2D eigenvalue weighted by Crippen LogP contribution is 2.20. The largest absolute Gasteiger partial charge is 0.494 e. The minimum Gasteiger partial charge on any atom is -0.494 e. The third-order valence-electron chi connectivity index (χ3n) is 4.27. The molecule has 1 heterocycles. The van der Waals surface area contributed by atoms with Gasteiger partial charge in [-0.25, -0.2) is 0 Å². The Kier molecular flexibility index (Phi) is 6.32. The predicted octanol–water partition coefficient (Wildman–Crippen LogP) is 4.91. The van der Waals surface area contributed by atoms with E-state index in [0.717, 1.165) is 29.2 Å². The Morgan fingerprint density at radius 3 is 2.25 bits per heavy atom. The van der Waals surface area contributed by atoms with Crippen LogP contribution in [0.3, 0.4) is 0 Å². The first-order valence-corrected chi connectivity index (χ1v) is 9.25. The van der Waals surface area contributed by atoms with Gasteiger partial charge in [-0.15, -0.1) is 0 Å². The Labute approximate surface area is 164 Å². The molecule has 0 saturated heterocycles. The number of anilines is 1. The molecule has 146 valence electrons. The molecule has 1 amide bonds. The summed E-state index contributed by atoms with van der Waals surface area (Å²) in [5, 5.41) is 6.78. The molecule has 1 N–H and O–H groups in total. The van der Waals surface area contributed by atoms with E-state index in [9.17, 15) is 4.79 Å². The van der Waals surface area contributed by atoms with Gasteiger partial charge >= 0.3 is 0 Å². The second-order valence-electron chi connectivity index (χ2n) is 6.44. The molecule has 28 heavy (non-hydrogen) atoms. The van der Waals surface area contributed by atoms with Crippen molar-refractivity contribution in [3.8, 4) is 11.5 Å². The van der Waals surface area contributed by atoms with Crippen LogP contribution in [0.5, 0.6) is 11.5 Å². The molecule has 0 aliphatic heterocycles. The SMILES string of the molecule is CCCOc1ccc(NC(=O)c2ccc(OCc3c(C)noc3C)cc2)cc1. The summed E-state index contributed by atoms with van der Waals surface area (Å²) in [5.41, 5.74) is 3.02. The number of benzene rings is 2. The zero-order valence-electron chi connectivity index (χ0n) is 16.3. The molecule has 0 radical (unpaired) electrons. The van der Waals surface area contributed by atoms with Crippen molar-refractivity contribution in [2.45, 2.75) is 33.8 Å². The molecule has 6 heteroatoms. The van der Waals surface area contributed by atoms with Crippen LogP contribution < -0.4 is 14.8 Å². The first-order chi connectivity index (χ1) is 13.6. The Bertz CT molecular complexity index is 895. The lowest BCUT2D eigenvalue weighted by Crippen LogP contribution is -2.11. The topological polar surface area (TPSA) is 73.6 Å². The predicted molar refractivity (Wildman–Crippen MR) is 107 cm³/mol.